The van der Waals surface area contributed by atoms with Crippen molar-refractivity contribution in [3.8, 4) is 6.07 Å². The zero-order valence-corrected chi connectivity index (χ0v) is 16.9. The quantitative estimate of drug-likeness (QED) is 0.633. The van der Waals surface area contributed by atoms with Gasteiger partial charge in [0.15, 0.2) is 5.00 Å². The topological polar surface area (TPSA) is 101 Å². The van der Waals surface area contributed by atoms with Crippen LogP contribution in [0.2, 0.25) is 5.02 Å². The first-order chi connectivity index (χ1) is 12.9. The van der Waals surface area contributed by atoms with Gasteiger partial charge in [0.05, 0.1) is 22.2 Å². The van der Waals surface area contributed by atoms with Gasteiger partial charge in [-0.3, -0.25) is 4.79 Å². The molecule has 142 valence electrons. The van der Waals surface area contributed by atoms with Crippen LogP contribution >= 0.6 is 22.9 Å². The second kappa shape index (κ2) is 9.46. The fourth-order valence-electron chi connectivity index (χ4n) is 2.50. The van der Waals surface area contributed by atoms with Crippen molar-refractivity contribution in [1.82, 2.24) is 0 Å². The van der Waals surface area contributed by atoms with E-state index in [0.717, 1.165) is 30.1 Å². The number of anilines is 2. The molecule has 1 aromatic carbocycles. The normalized spacial score (nSPS) is 10.8. The van der Waals surface area contributed by atoms with E-state index < -0.39 is 0 Å². The smallest absolute Gasteiger partial charge is 0.221 e. The number of hydrogen-bond donors (Lipinski definition) is 2. The number of azo groups is 1. The lowest BCUT2D eigenvalue weighted by atomic mass is 10.2. The van der Waals surface area contributed by atoms with Gasteiger partial charge in [-0.05, 0) is 32.0 Å². The van der Waals surface area contributed by atoms with E-state index in [9.17, 15) is 15.2 Å². The molecule has 0 aliphatic carbocycles. The number of carbonyl (C=O) groups excluding carboxylic acids is 1. The number of benzene rings is 1. The number of nitrogens with one attached hydrogen (secondary N) is 1. The van der Waals surface area contributed by atoms with Crippen LogP contribution in [0.3, 0.4) is 0 Å². The Morgan fingerprint density at radius 1 is 1.37 bits per heavy atom. The Kier molecular flexibility index (Phi) is 7.30. The molecule has 0 fully saturated rings. The highest BCUT2D eigenvalue weighted by Gasteiger charge is 2.16. The van der Waals surface area contributed by atoms with Crippen LogP contribution in [-0.2, 0) is 11.4 Å². The largest absolute Gasteiger partial charge is 0.391 e. The minimum absolute atomic E-state index is 0.176. The number of aliphatic hydroxyl groups is 1. The van der Waals surface area contributed by atoms with Crippen molar-refractivity contribution >= 4 is 50.9 Å². The van der Waals surface area contributed by atoms with Crippen LogP contribution in [0.4, 0.5) is 22.1 Å². The number of nitrogens with zero attached hydrogens (tertiary/aromatic N) is 4. The van der Waals surface area contributed by atoms with E-state index in [2.05, 4.69) is 34.3 Å². The molecule has 9 heteroatoms. The summed E-state index contributed by atoms with van der Waals surface area (Å²) in [6.07, 6.45) is 0. The average Bonchev–Trinajstić information content (AvgIpc) is 2.96. The van der Waals surface area contributed by atoms with Crippen molar-refractivity contribution in [2.24, 2.45) is 10.2 Å². The molecular formula is C18H20ClN5O2S. The van der Waals surface area contributed by atoms with Crippen molar-refractivity contribution in [1.29, 1.82) is 5.26 Å². The SMILES string of the molecule is CCN(CC)c1ccc(N=Nc2sc(CO)c(Cl)c2C#N)c(NC(C)=O)c1. The van der Waals surface area contributed by atoms with Crippen molar-refractivity contribution in [2.45, 2.75) is 27.4 Å². The van der Waals surface area contributed by atoms with Gasteiger partial charge in [0.2, 0.25) is 5.91 Å². The van der Waals surface area contributed by atoms with Gasteiger partial charge in [0.25, 0.3) is 0 Å². The van der Waals surface area contributed by atoms with Crippen LogP contribution in [0.25, 0.3) is 0 Å². The summed E-state index contributed by atoms with van der Waals surface area (Å²) in [5.41, 5.74) is 2.12. The van der Waals surface area contributed by atoms with Crippen molar-refractivity contribution in [3.05, 3.63) is 33.7 Å². The fraction of sp³-hybridized carbons (Fsp3) is 0.333. The van der Waals surface area contributed by atoms with Crippen LogP contribution in [0, 0.1) is 11.3 Å². The monoisotopic (exact) mass is 405 g/mol. The molecule has 1 amide bonds. The first-order valence-electron chi connectivity index (χ1n) is 8.35. The Morgan fingerprint density at radius 2 is 2.07 bits per heavy atom. The summed E-state index contributed by atoms with van der Waals surface area (Å²) in [4.78, 5) is 14.2. The van der Waals surface area contributed by atoms with Gasteiger partial charge in [-0.25, -0.2) is 0 Å². The minimum Gasteiger partial charge on any atom is -0.391 e. The number of thiophene rings is 1. The van der Waals surface area contributed by atoms with Gasteiger partial charge < -0.3 is 15.3 Å². The van der Waals surface area contributed by atoms with E-state index >= 15 is 0 Å². The molecular weight excluding hydrogens is 386 g/mol. The molecule has 0 aliphatic heterocycles. The third kappa shape index (κ3) is 4.83. The lowest BCUT2D eigenvalue weighted by Crippen LogP contribution is -2.21. The van der Waals surface area contributed by atoms with Crippen molar-refractivity contribution < 1.29 is 9.90 Å². The lowest BCUT2D eigenvalue weighted by Gasteiger charge is -2.22. The number of nitriles is 1. The number of amides is 1. The zero-order chi connectivity index (χ0) is 20.0. The zero-order valence-electron chi connectivity index (χ0n) is 15.3. The Balaban J connectivity index is 2.44. The molecule has 0 bridgehead atoms. The molecule has 0 saturated carbocycles. The number of hydrogen-bond acceptors (Lipinski definition) is 7. The summed E-state index contributed by atoms with van der Waals surface area (Å²) in [5, 5.41) is 30.1. The Bertz CT molecular complexity index is 900. The van der Waals surface area contributed by atoms with Gasteiger partial charge >= 0.3 is 0 Å². The van der Waals surface area contributed by atoms with Gasteiger partial charge in [-0.15, -0.1) is 21.6 Å². The van der Waals surface area contributed by atoms with Gasteiger partial charge in [-0.1, -0.05) is 11.6 Å². The molecule has 2 aromatic rings. The Morgan fingerprint density at radius 3 is 2.63 bits per heavy atom. The second-order valence-corrected chi connectivity index (χ2v) is 7.01. The molecule has 0 saturated heterocycles. The van der Waals surface area contributed by atoms with Gasteiger partial charge in [0.1, 0.15) is 17.3 Å². The molecule has 0 atom stereocenters. The molecule has 0 unspecified atom stereocenters. The maximum atomic E-state index is 11.6. The predicted molar refractivity (Wildman–Crippen MR) is 108 cm³/mol. The maximum Gasteiger partial charge on any atom is 0.221 e. The number of rotatable bonds is 7. The third-order valence-corrected chi connectivity index (χ3v) is 5.41. The van der Waals surface area contributed by atoms with Crippen molar-refractivity contribution in [2.75, 3.05) is 23.3 Å². The molecule has 0 radical (unpaired) electrons. The lowest BCUT2D eigenvalue weighted by molar-refractivity contribution is -0.114. The van der Waals surface area contributed by atoms with Crippen LogP contribution in [-0.4, -0.2) is 24.1 Å². The van der Waals surface area contributed by atoms with E-state index in [1.807, 2.05) is 18.2 Å². The number of halogens is 1. The van der Waals surface area contributed by atoms with Crippen LogP contribution in [0.15, 0.2) is 28.4 Å². The molecule has 1 heterocycles. The summed E-state index contributed by atoms with van der Waals surface area (Å²) in [5.74, 6) is -0.220. The highest BCUT2D eigenvalue weighted by atomic mass is 35.5. The molecule has 7 nitrogen and oxygen atoms in total. The predicted octanol–water partition coefficient (Wildman–Crippen LogP) is 4.99. The van der Waals surface area contributed by atoms with E-state index in [-0.39, 0.29) is 23.1 Å². The third-order valence-electron chi connectivity index (χ3n) is 3.82. The van der Waals surface area contributed by atoms with E-state index in [1.54, 1.807) is 6.07 Å². The molecule has 0 spiro atoms. The average molecular weight is 406 g/mol. The van der Waals surface area contributed by atoms with E-state index in [0.29, 0.717) is 21.3 Å². The number of carbonyl (C=O) groups is 1. The molecule has 1 aromatic heterocycles. The minimum atomic E-state index is -0.274. The van der Waals surface area contributed by atoms with Crippen molar-refractivity contribution in [3.63, 3.8) is 0 Å². The van der Waals surface area contributed by atoms with E-state index in [1.165, 1.54) is 6.92 Å². The fourth-order valence-corrected chi connectivity index (χ4v) is 3.68. The standard InChI is InChI=1S/C18H20ClN5O2S/c1-4-24(5-2)12-6-7-14(15(8-12)21-11(3)26)22-23-18-13(9-20)17(19)16(10-25)27-18/h6-8,25H,4-5,10H2,1-3H3,(H,21,26). The number of aliphatic hydroxyl groups excluding tert-OH is 1. The molecule has 2 N–H and O–H groups in total. The summed E-state index contributed by atoms with van der Waals surface area (Å²) in [6, 6.07) is 7.48. The Hall–Kier alpha value is -2.47. The van der Waals surface area contributed by atoms with Gasteiger partial charge in [0, 0.05) is 25.7 Å². The van der Waals surface area contributed by atoms with E-state index in [4.69, 9.17) is 11.6 Å². The summed E-state index contributed by atoms with van der Waals surface area (Å²) in [6.45, 7) is 6.92. The molecule has 2 rings (SSSR count). The maximum absolute atomic E-state index is 11.6. The first kappa shape index (κ1) is 20.8. The van der Waals surface area contributed by atoms with Crippen LogP contribution in [0.5, 0.6) is 0 Å². The molecule has 0 aliphatic rings. The van der Waals surface area contributed by atoms with Gasteiger partial charge in [-0.2, -0.15) is 5.26 Å². The summed E-state index contributed by atoms with van der Waals surface area (Å²) in [7, 11) is 0. The highest BCUT2D eigenvalue weighted by Crippen LogP contribution is 2.40. The molecule has 27 heavy (non-hydrogen) atoms. The summed E-state index contributed by atoms with van der Waals surface area (Å²) >= 11 is 7.17. The second-order valence-electron chi connectivity index (χ2n) is 5.54. The first-order valence-corrected chi connectivity index (χ1v) is 9.54. The summed E-state index contributed by atoms with van der Waals surface area (Å²) < 4.78 is 0. The van der Waals surface area contributed by atoms with Crippen LogP contribution in [0.1, 0.15) is 31.2 Å². The Labute approximate surface area is 166 Å². The highest BCUT2D eigenvalue weighted by molar-refractivity contribution is 7.16. The van der Waals surface area contributed by atoms with Crippen LogP contribution < -0.4 is 10.2 Å².